The van der Waals surface area contributed by atoms with Crippen LogP contribution in [0.5, 0.6) is 0 Å². The zero-order valence-electron chi connectivity index (χ0n) is 15.7. The first-order chi connectivity index (χ1) is 10.3. The van der Waals surface area contributed by atoms with Crippen LogP contribution in [-0.2, 0) is 0 Å². The Morgan fingerprint density at radius 1 is 1.27 bits per heavy atom. The third kappa shape index (κ3) is 8.62. The average Bonchev–Trinajstić information content (AvgIpc) is 2.44. The van der Waals surface area contributed by atoms with Gasteiger partial charge in [-0.05, 0) is 71.0 Å². The van der Waals surface area contributed by atoms with Gasteiger partial charge >= 0.3 is 0 Å². The quantitative estimate of drug-likeness (QED) is 0.585. The lowest BCUT2D eigenvalue weighted by Gasteiger charge is -2.28. The second-order valence-electron chi connectivity index (χ2n) is 8.11. The molecule has 0 bridgehead atoms. The Balaban J connectivity index is 2.41. The molecule has 1 saturated heterocycles. The first-order valence-electron chi connectivity index (χ1n) is 9.03. The Morgan fingerprint density at radius 2 is 1.91 bits per heavy atom. The van der Waals surface area contributed by atoms with Crippen molar-refractivity contribution >= 4 is 5.96 Å². The van der Waals surface area contributed by atoms with E-state index in [1.807, 2.05) is 0 Å². The fraction of sp³-hybridized carbons (Fsp3) is 0.944. The molecule has 0 saturated carbocycles. The molecule has 0 spiro atoms. The smallest absolute Gasteiger partial charge is 0.191 e. The van der Waals surface area contributed by atoms with Gasteiger partial charge in [-0.25, -0.2) is 0 Å². The molecule has 1 aliphatic rings. The Labute approximate surface area is 138 Å². The minimum Gasteiger partial charge on any atom is -0.357 e. The van der Waals surface area contributed by atoms with Crippen LogP contribution < -0.4 is 10.6 Å². The Hall–Kier alpha value is -0.770. The van der Waals surface area contributed by atoms with E-state index in [1.165, 1.54) is 38.8 Å². The van der Waals surface area contributed by atoms with Crippen molar-refractivity contribution in [1.82, 2.24) is 15.5 Å². The molecule has 1 unspecified atom stereocenters. The maximum atomic E-state index is 4.82. The highest BCUT2D eigenvalue weighted by molar-refractivity contribution is 5.80. The summed E-state index contributed by atoms with van der Waals surface area (Å²) in [6.45, 7) is 15.6. The minimum atomic E-state index is 0.402. The number of guanidine groups is 1. The average molecular weight is 311 g/mol. The number of likely N-dealkylation sites (tertiary alicyclic amines) is 1. The molecule has 22 heavy (non-hydrogen) atoms. The zero-order valence-corrected chi connectivity index (χ0v) is 15.7. The predicted octanol–water partition coefficient (Wildman–Crippen LogP) is 3.10. The molecule has 130 valence electrons. The molecule has 2 N–H and O–H groups in total. The minimum absolute atomic E-state index is 0.402. The molecule has 0 aromatic carbocycles. The van der Waals surface area contributed by atoms with Crippen molar-refractivity contribution in [3.63, 3.8) is 0 Å². The number of nitrogens with zero attached hydrogens (tertiary/aromatic N) is 2. The lowest BCUT2D eigenvalue weighted by molar-refractivity contribution is 0.223. The molecule has 0 aromatic heterocycles. The third-order valence-electron chi connectivity index (χ3n) is 4.40. The zero-order chi connectivity index (χ0) is 16.6. The van der Waals surface area contributed by atoms with Crippen LogP contribution in [0.25, 0.3) is 0 Å². The van der Waals surface area contributed by atoms with Crippen LogP contribution in [0.4, 0.5) is 0 Å². The molecular weight excluding hydrogens is 272 g/mol. The van der Waals surface area contributed by atoms with Crippen LogP contribution in [0.1, 0.15) is 60.3 Å². The molecule has 0 aromatic rings. The molecule has 0 amide bonds. The van der Waals surface area contributed by atoms with E-state index in [4.69, 9.17) is 4.99 Å². The maximum Gasteiger partial charge on any atom is 0.191 e. The van der Waals surface area contributed by atoms with Crippen molar-refractivity contribution in [3.05, 3.63) is 0 Å². The van der Waals surface area contributed by atoms with Crippen LogP contribution in [0.3, 0.4) is 0 Å². The standard InChI is InChI=1S/C18H38N4/c1-7-19-17(21-15(2)8-11-18(3,4)5)20-14-16-9-12-22(6)13-10-16/h15-16H,7-14H2,1-6H3,(H2,19,20,21). The van der Waals surface area contributed by atoms with Crippen molar-refractivity contribution < 1.29 is 0 Å². The first kappa shape index (κ1) is 19.3. The van der Waals surface area contributed by atoms with E-state index in [9.17, 15) is 0 Å². The summed E-state index contributed by atoms with van der Waals surface area (Å²) in [6, 6.07) is 0.467. The second kappa shape index (κ2) is 9.39. The number of hydrogen-bond donors (Lipinski definition) is 2. The van der Waals surface area contributed by atoms with E-state index in [2.05, 4.69) is 57.2 Å². The Morgan fingerprint density at radius 3 is 2.45 bits per heavy atom. The van der Waals surface area contributed by atoms with Gasteiger partial charge in [0.05, 0.1) is 0 Å². The summed E-state index contributed by atoms with van der Waals surface area (Å²) in [4.78, 5) is 7.24. The lowest BCUT2D eigenvalue weighted by atomic mass is 9.89. The van der Waals surface area contributed by atoms with Gasteiger partial charge in [-0.1, -0.05) is 20.8 Å². The van der Waals surface area contributed by atoms with Crippen molar-refractivity contribution in [2.75, 3.05) is 33.2 Å². The van der Waals surface area contributed by atoms with Gasteiger partial charge in [0.15, 0.2) is 5.96 Å². The van der Waals surface area contributed by atoms with E-state index >= 15 is 0 Å². The van der Waals surface area contributed by atoms with Gasteiger partial charge in [-0.2, -0.15) is 0 Å². The summed E-state index contributed by atoms with van der Waals surface area (Å²) >= 11 is 0. The molecule has 1 fully saturated rings. The fourth-order valence-corrected chi connectivity index (χ4v) is 2.74. The molecule has 1 aliphatic heterocycles. The summed E-state index contributed by atoms with van der Waals surface area (Å²) < 4.78 is 0. The summed E-state index contributed by atoms with van der Waals surface area (Å²) in [5.41, 5.74) is 0.402. The van der Waals surface area contributed by atoms with Gasteiger partial charge in [0.2, 0.25) is 0 Å². The monoisotopic (exact) mass is 310 g/mol. The van der Waals surface area contributed by atoms with Crippen LogP contribution in [-0.4, -0.2) is 50.1 Å². The molecule has 0 aliphatic carbocycles. The summed E-state index contributed by atoms with van der Waals surface area (Å²) in [6.07, 6.45) is 4.97. The number of rotatable bonds is 6. The maximum absolute atomic E-state index is 4.82. The first-order valence-corrected chi connectivity index (χ1v) is 9.03. The van der Waals surface area contributed by atoms with Gasteiger partial charge in [-0.3, -0.25) is 4.99 Å². The van der Waals surface area contributed by atoms with Gasteiger partial charge in [0, 0.05) is 19.1 Å². The molecule has 0 radical (unpaired) electrons. The van der Waals surface area contributed by atoms with Gasteiger partial charge < -0.3 is 15.5 Å². The highest BCUT2D eigenvalue weighted by Gasteiger charge is 2.17. The van der Waals surface area contributed by atoms with E-state index in [1.54, 1.807) is 0 Å². The fourth-order valence-electron chi connectivity index (χ4n) is 2.74. The number of nitrogens with one attached hydrogen (secondary N) is 2. The SMILES string of the molecule is CCNC(=NCC1CCN(C)CC1)NC(C)CCC(C)(C)C. The van der Waals surface area contributed by atoms with Gasteiger partial charge in [0.25, 0.3) is 0 Å². The van der Waals surface area contributed by atoms with Crippen molar-refractivity contribution in [2.45, 2.75) is 66.3 Å². The molecule has 1 rings (SSSR count). The highest BCUT2D eigenvalue weighted by Crippen LogP contribution is 2.21. The van der Waals surface area contributed by atoms with Crippen LogP contribution in [0.15, 0.2) is 4.99 Å². The molecular formula is C18H38N4. The third-order valence-corrected chi connectivity index (χ3v) is 4.40. The van der Waals surface area contributed by atoms with Crippen LogP contribution in [0, 0.1) is 11.3 Å². The highest BCUT2D eigenvalue weighted by atomic mass is 15.2. The predicted molar refractivity (Wildman–Crippen MR) is 97.5 cm³/mol. The van der Waals surface area contributed by atoms with Crippen molar-refractivity contribution in [3.8, 4) is 0 Å². The van der Waals surface area contributed by atoms with E-state index < -0.39 is 0 Å². The summed E-state index contributed by atoms with van der Waals surface area (Å²) in [5, 5.41) is 6.95. The van der Waals surface area contributed by atoms with E-state index in [-0.39, 0.29) is 0 Å². The van der Waals surface area contributed by atoms with Crippen molar-refractivity contribution in [1.29, 1.82) is 0 Å². The van der Waals surface area contributed by atoms with Crippen LogP contribution >= 0.6 is 0 Å². The molecule has 4 heteroatoms. The van der Waals surface area contributed by atoms with Gasteiger partial charge in [0.1, 0.15) is 0 Å². The molecule has 1 heterocycles. The van der Waals surface area contributed by atoms with E-state index in [0.717, 1.165) is 25.0 Å². The number of aliphatic imine (C=N–C) groups is 1. The van der Waals surface area contributed by atoms with Gasteiger partial charge in [-0.15, -0.1) is 0 Å². The summed E-state index contributed by atoms with van der Waals surface area (Å²) in [7, 11) is 2.21. The summed E-state index contributed by atoms with van der Waals surface area (Å²) in [5.74, 6) is 1.74. The number of piperidine rings is 1. The molecule has 1 atom stereocenters. The van der Waals surface area contributed by atoms with Crippen LogP contribution in [0.2, 0.25) is 0 Å². The Bertz CT molecular complexity index is 324. The lowest BCUT2D eigenvalue weighted by Crippen LogP contribution is -2.43. The second-order valence-corrected chi connectivity index (χ2v) is 8.11. The largest absolute Gasteiger partial charge is 0.357 e. The normalized spacial score (nSPS) is 20.0. The number of hydrogen-bond acceptors (Lipinski definition) is 2. The molecule has 4 nitrogen and oxygen atoms in total. The Kier molecular flexibility index (Phi) is 8.23. The van der Waals surface area contributed by atoms with E-state index in [0.29, 0.717) is 11.5 Å². The van der Waals surface area contributed by atoms with Crippen molar-refractivity contribution in [2.24, 2.45) is 16.3 Å². The topological polar surface area (TPSA) is 39.7 Å².